The van der Waals surface area contributed by atoms with Crippen molar-refractivity contribution in [1.82, 2.24) is 0 Å². The molecule has 0 fully saturated rings. The Morgan fingerprint density at radius 2 is 2.00 bits per heavy atom. The van der Waals surface area contributed by atoms with Gasteiger partial charge in [0.2, 0.25) is 0 Å². The van der Waals surface area contributed by atoms with Crippen molar-refractivity contribution in [2.45, 2.75) is 57.9 Å². The SMILES string of the molecule is CO[SiH](CCC1CC=CCC1)O[SiH](C)O[Si](C)(C)C. The molecule has 0 bridgehead atoms. The summed E-state index contributed by atoms with van der Waals surface area (Å²) in [4.78, 5) is 0. The van der Waals surface area contributed by atoms with E-state index in [1.807, 2.05) is 0 Å². The highest BCUT2D eigenvalue weighted by atomic mass is 28.4. The molecule has 0 amide bonds. The summed E-state index contributed by atoms with van der Waals surface area (Å²) in [5.41, 5.74) is 0. The van der Waals surface area contributed by atoms with Crippen LogP contribution in [0, 0.1) is 5.92 Å². The first kappa shape index (κ1) is 17.3. The average Bonchev–Trinajstić information content (AvgIpc) is 2.33. The van der Waals surface area contributed by atoms with Crippen molar-refractivity contribution in [2.75, 3.05) is 7.11 Å². The summed E-state index contributed by atoms with van der Waals surface area (Å²) >= 11 is 0. The third-order valence-electron chi connectivity index (χ3n) is 3.31. The van der Waals surface area contributed by atoms with E-state index in [4.69, 9.17) is 12.7 Å². The molecule has 1 rings (SSSR count). The molecule has 0 aromatic heterocycles. The minimum absolute atomic E-state index is 0.841. The van der Waals surface area contributed by atoms with E-state index >= 15 is 0 Å². The van der Waals surface area contributed by atoms with E-state index in [2.05, 4.69) is 38.3 Å². The van der Waals surface area contributed by atoms with Crippen molar-refractivity contribution in [2.24, 2.45) is 5.92 Å². The highest BCUT2D eigenvalue weighted by molar-refractivity contribution is 6.77. The van der Waals surface area contributed by atoms with E-state index in [1.54, 1.807) is 7.11 Å². The summed E-state index contributed by atoms with van der Waals surface area (Å²) in [5, 5.41) is 0. The molecular formula is C13H30O3Si3. The van der Waals surface area contributed by atoms with Crippen LogP contribution >= 0.6 is 0 Å². The van der Waals surface area contributed by atoms with E-state index in [0.717, 1.165) is 12.0 Å². The second-order valence-electron chi connectivity index (χ2n) is 6.33. The van der Waals surface area contributed by atoms with Crippen molar-refractivity contribution >= 4 is 26.9 Å². The predicted molar refractivity (Wildman–Crippen MR) is 88.6 cm³/mol. The van der Waals surface area contributed by atoms with Crippen LogP contribution in [0.4, 0.5) is 0 Å². The molecule has 3 atom stereocenters. The highest BCUT2D eigenvalue weighted by Crippen LogP contribution is 2.24. The van der Waals surface area contributed by atoms with E-state index in [0.29, 0.717) is 0 Å². The molecule has 112 valence electrons. The van der Waals surface area contributed by atoms with Gasteiger partial charge in [-0.3, -0.25) is 0 Å². The van der Waals surface area contributed by atoms with Gasteiger partial charge in [0.25, 0.3) is 9.28 Å². The topological polar surface area (TPSA) is 27.7 Å². The molecule has 1 aliphatic carbocycles. The molecule has 0 radical (unpaired) electrons. The van der Waals surface area contributed by atoms with Gasteiger partial charge < -0.3 is 12.7 Å². The molecule has 0 aromatic carbocycles. The van der Waals surface area contributed by atoms with Crippen molar-refractivity contribution in [3.05, 3.63) is 12.2 Å². The van der Waals surface area contributed by atoms with Crippen LogP contribution in [0.2, 0.25) is 32.2 Å². The molecule has 6 heteroatoms. The lowest BCUT2D eigenvalue weighted by molar-refractivity contribution is 0.304. The number of hydrogen-bond donors (Lipinski definition) is 0. The van der Waals surface area contributed by atoms with E-state index in [9.17, 15) is 0 Å². The van der Waals surface area contributed by atoms with Crippen LogP contribution in [-0.2, 0) is 12.7 Å². The largest absolute Gasteiger partial charge is 0.439 e. The van der Waals surface area contributed by atoms with Gasteiger partial charge in [0, 0.05) is 7.11 Å². The number of allylic oxidation sites excluding steroid dienone is 2. The molecule has 0 heterocycles. The fraction of sp³-hybridized carbons (Fsp3) is 0.846. The van der Waals surface area contributed by atoms with Crippen molar-refractivity contribution < 1.29 is 12.7 Å². The van der Waals surface area contributed by atoms with Crippen molar-refractivity contribution in [1.29, 1.82) is 0 Å². The third kappa shape index (κ3) is 8.21. The smallest absolute Gasteiger partial charge is 0.312 e. The van der Waals surface area contributed by atoms with E-state index < -0.39 is 26.9 Å². The standard InChI is InChI=1S/C13H30O3Si3/c1-14-18(15-17(2)16-19(3,4)5)12-11-13-9-7-6-8-10-13/h6-7,13,17-18H,8-12H2,1-5H3. The van der Waals surface area contributed by atoms with Crippen LogP contribution < -0.4 is 0 Å². The van der Waals surface area contributed by atoms with Gasteiger partial charge in [-0.1, -0.05) is 12.2 Å². The maximum atomic E-state index is 6.12. The first-order valence-electron chi connectivity index (χ1n) is 7.42. The molecule has 3 unspecified atom stereocenters. The normalized spacial score (nSPS) is 23.3. The first-order chi connectivity index (χ1) is 8.90. The monoisotopic (exact) mass is 318 g/mol. The fourth-order valence-electron chi connectivity index (χ4n) is 2.47. The van der Waals surface area contributed by atoms with Gasteiger partial charge in [0.05, 0.1) is 0 Å². The summed E-state index contributed by atoms with van der Waals surface area (Å²) in [7, 11) is -2.65. The van der Waals surface area contributed by atoms with Crippen molar-refractivity contribution in [3.63, 3.8) is 0 Å². The molecule has 1 aliphatic rings. The molecule has 3 nitrogen and oxygen atoms in total. The van der Waals surface area contributed by atoms with Crippen LogP contribution in [0.15, 0.2) is 12.2 Å². The molecule has 0 saturated carbocycles. The average molecular weight is 319 g/mol. The Morgan fingerprint density at radius 1 is 1.26 bits per heavy atom. The van der Waals surface area contributed by atoms with Crippen LogP contribution in [-0.4, -0.2) is 34.0 Å². The Hall–Kier alpha value is 0.271. The van der Waals surface area contributed by atoms with Crippen LogP contribution in [0.5, 0.6) is 0 Å². The predicted octanol–water partition coefficient (Wildman–Crippen LogP) is 3.32. The summed E-state index contributed by atoms with van der Waals surface area (Å²) < 4.78 is 17.8. The molecule has 0 N–H and O–H groups in total. The molecule has 19 heavy (non-hydrogen) atoms. The molecule has 0 aliphatic heterocycles. The summed E-state index contributed by atoms with van der Waals surface area (Å²) in [6, 6.07) is 1.13. The van der Waals surface area contributed by atoms with Crippen LogP contribution in [0.25, 0.3) is 0 Å². The lowest BCUT2D eigenvalue weighted by Crippen LogP contribution is -2.39. The first-order valence-corrected chi connectivity index (χ1v) is 14.7. The molecular weight excluding hydrogens is 288 g/mol. The zero-order chi connectivity index (χ0) is 14.3. The van der Waals surface area contributed by atoms with Gasteiger partial charge in [-0.05, 0) is 63.8 Å². The second kappa shape index (κ2) is 8.53. The minimum Gasteiger partial charge on any atom is -0.439 e. The molecule has 0 spiro atoms. The Morgan fingerprint density at radius 3 is 2.53 bits per heavy atom. The van der Waals surface area contributed by atoms with Gasteiger partial charge in [-0.15, -0.1) is 0 Å². The number of rotatable bonds is 8. The summed E-state index contributed by atoms with van der Waals surface area (Å²) in [6.45, 7) is 8.80. The Labute approximate surface area is 123 Å². The van der Waals surface area contributed by atoms with Crippen LogP contribution in [0.3, 0.4) is 0 Å². The van der Waals surface area contributed by atoms with Gasteiger partial charge in [-0.2, -0.15) is 0 Å². The van der Waals surface area contributed by atoms with Gasteiger partial charge >= 0.3 is 9.28 Å². The highest BCUT2D eigenvalue weighted by Gasteiger charge is 2.24. The summed E-state index contributed by atoms with van der Waals surface area (Å²) in [6.07, 6.45) is 9.69. The maximum Gasteiger partial charge on any atom is 0.312 e. The quantitative estimate of drug-likeness (QED) is 0.507. The Balaban J connectivity index is 2.26. The van der Waals surface area contributed by atoms with Crippen molar-refractivity contribution in [3.8, 4) is 0 Å². The molecule has 0 aromatic rings. The lowest BCUT2D eigenvalue weighted by Gasteiger charge is -2.26. The van der Waals surface area contributed by atoms with Crippen LogP contribution in [0.1, 0.15) is 25.7 Å². The second-order valence-corrected chi connectivity index (χ2v) is 15.6. The Bertz CT molecular complexity index is 279. The zero-order valence-electron chi connectivity index (χ0n) is 13.1. The Kier molecular flexibility index (Phi) is 7.78. The summed E-state index contributed by atoms with van der Waals surface area (Å²) in [5.74, 6) is 0.841. The fourth-order valence-corrected chi connectivity index (χ4v) is 10.9. The van der Waals surface area contributed by atoms with Gasteiger partial charge in [0.1, 0.15) is 0 Å². The van der Waals surface area contributed by atoms with E-state index in [-0.39, 0.29) is 0 Å². The minimum atomic E-state index is -1.50. The third-order valence-corrected chi connectivity index (χ3v) is 11.5. The lowest BCUT2D eigenvalue weighted by atomic mass is 9.92. The van der Waals surface area contributed by atoms with E-state index in [1.165, 1.54) is 25.7 Å². The number of hydrogen-bond acceptors (Lipinski definition) is 3. The van der Waals surface area contributed by atoms with Gasteiger partial charge in [-0.25, -0.2) is 0 Å². The zero-order valence-corrected chi connectivity index (χ0v) is 16.5. The maximum absolute atomic E-state index is 6.12. The van der Waals surface area contributed by atoms with Gasteiger partial charge in [0.15, 0.2) is 8.32 Å². The molecule has 0 saturated heterocycles.